The van der Waals surface area contributed by atoms with Crippen molar-refractivity contribution in [3.8, 4) is 0 Å². The first-order chi connectivity index (χ1) is 9.89. The summed E-state index contributed by atoms with van der Waals surface area (Å²) in [7, 11) is 0. The van der Waals surface area contributed by atoms with Gasteiger partial charge >= 0.3 is 0 Å². The summed E-state index contributed by atoms with van der Waals surface area (Å²) in [4.78, 5) is 2.76. The number of rotatable bonds is 4. The number of thioether (sulfide) groups is 1. The van der Waals surface area contributed by atoms with Gasteiger partial charge in [-0.05, 0) is 39.0 Å². The standard InChI is InChI=1S/C18H36N2S/c1-16-13-20(11-12-21-16)15-18(14-19-17(2,3)4)9-7-5-6-8-10-18/h16,19H,5-15H2,1-4H3. The molecule has 1 N–H and O–H groups in total. The second-order valence-electron chi connectivity index (χ2n) is 8.43. The van der Waals surface area contributed by atoms with Crippen LogP contribution in [0, 0.1) is 5.41 Å². The van der Waals surface area contributed by atoms with Crippen LogP contribution in [0.4, 0.5) is 0 Å². The van der Waals surface area contributed by atoms with E-state index in [2.05, 4.69) is 49.7 Å². The molecule has 1 atom stereocenters. The predicted molar refractivity (Wildman–Crippen MR) is 96.3 cm³/mol. The maximum Gasteiger partial charge on any atom is 0.0147 e. The summed E-state index contributed by atoms with van der Waals surface area (Å²) in [5, 5.41) is 4.65. The smallest absolute Gasteiger partial charge is 0.0147 e. The van der Waals surface area contributed by atoms with Crippen LogP contribution in [0.1, 0.15) is 66.2 Å². The normalized spacial score (nSPS) is 28.3. The molecule has 1 aliphatic carbocycles. The van der Waals surface area contributed by atoms with Gasteiger partial charge in [-0.15, -0.1) is 0 Å². The van der Waals surface area contributed by atoms with E-state index in [1.165, 1.54) is 70.5 Å². The average Bonchev–Trinajstić information content (AvgIpc) is 2.62. The summed E-state index contributed by atoms with van der Waals surface area (Å²) >= 11 is 2.15. The average molecular weight is 313 g/mol. The minimum absolute atomic E-state index is 0.240. The summed E-state index contributed by atoms with van der Waals surface area (Å²) < 4.78 is 0. The molecule has 0 amide bonds. The van der Waals surface area contributed by atoms with Crippen LogP contribution in [0.25, 0.3) is 0 Å². The van der Waals surface area contributed by atoms with E-state index >= 15 is 0 Å². The third kappa shape index (κ3) is 6.11. The van der Waals surface area contributed by atoms with Gasteiger partial charge in [0.05, 0.1) is 0 Å². The summed E-state index contributed by atoms with van der Waals surface area (Å²) in [6.45, 7) is 14.4. The van der Waals surface area contributed by atoms with Crippen molar-refractivity contribution < 1.29 is 0 Å². The van der Waals surface area contributed by atoms with E-state index in [0.717, 1.165) is 5.25 Å². The van der Waals surface area contributed by atoms with Gasteiger partial charge in [0.1, 0.15) is 0 Å². The number of hydrogen-bond acceptors (Lipinski definition) is 3. The van der Waals surface area contributed by atoms with Crippen molar-refractivity contribution in [3.63, 3.8) is 0 Å². The Morgan fingerprint density at radius 3 is 2.38 bits per heavy atom. The number of nitrogens with one attached hydrogen (secondary N) is 1. The van der Waals surface area contributed by atoms with Crippen molar-refractivity contribution in [2.75, 3.05) is 31.9 Å². The fraction of sp³-hybridized carbons (Fsp3) is 1.00. The molecule has 0 aromatic carbocycles. The summed E-state index contributed by atoms with van der Waals surface area (Å²) in [6.07, 6.45) is 8.61. The molecule has 1 heterocycles. The number of hydrogen-bond donors (Lipinski definition) is 1. The van der Waals surface area contributed by atoms with Gasteiger partial charge in [-0.25, -0.2) is 0 Å². The zero-order valence-electron chi connectivity index (χ0n) is 14.7. The van der Waals surface area contributed by atoms with E-state index in [1.807, 2.05) is 0 Å². The molecule has 0 aromatic rings. The van der Waals surface area contributed by atoms with Crippen LogP contribution in [0.2, 0.25) is 0 Å². The first-order valence-corrected chi connectivity index (χ1v) is 10.0. The Morgan fingerprint density at radius 2 is 1.81 bits per heavy atom. The molecule has 2 nitrogen and oxygen atoms in total. The van der Waals surface area contributed by atoms with Gasteiger partial charge in [0, 0.05) is 42.7 Å². The van der Waals surface area contributed by atoms with Crippen LogP contribution < -0.4 is 5.32 Å². The van der Waals surface area contributed by atoms with Gasteiger partial charge in [0.25, 0.3) is 0 Å². The van der Waals surface area contributed by atoms with Crippen molar-refractivity contribution in [2.45, 2.75) is 77.0 Å². The fourth-order valence-corrected chi connectivity index (χ4v) is 4.91. The highest BCUT2D eigenvalue weighted by atomic mass is 32.2. The molecule has 0 bridgehead atoms. The molecular weight excluding hydrogens is 276 g/mol. The van der Waals surface area contributed by atoms with E-state index in [0.29, 0.717) is 5.41 Å². The Balaban J connectivity index is 1.99. The van der Waals surface area contributed by atoms with Gasteiger partial charge < -0.3 is 10.2 Å². The third-order valence-electron chi connectivity index (χ3n) is 5.04. The van der Waals surface area contributed by atoms with Crippen LogP contribution in [0.3, 0.4) is 0 Å². The quantitative estimate of drug-likeness (QED) is 0.785. The third-order valence-corrected chi connectivity index (χ3v) is 6.18. The highest BCUT2D eigenvalue weighted by Gasteiger charge is 2.34. The maximum atomic E-state index is 3.83. The van der Waals surface area contributed by atoms with Crippen molar-refractivity contribution in [1.29, 1.82) is 0 Å². The summed E-state index contributed by atoms with van der Waals surface area (Å²) in [6, 6.07) is 0. The van der Waals surface area contributed by atoms with Crippen molar-refractivity contribution in [3.05, 3.63) is 0 Å². The molecule has 2 rings (SSSR count). The first kappa shape index (κ1) is 17.6. The second kappa shape index (κ2) is 7.70. The van der Waals surface area contributed by atoms with Crippen LogP contribution >= 0.6 is 11.8 Å². The Labute approximate surface area is 136 Å². The molecule has 2 aliphatic rings. The maximum absolute atomic E-state index is 3.83. The molecule has 1 aliphatic heterocycles. The number of nitrogens with zero attached hydrogens (tertiary/aromatic N) is 1. The van der Waals surface area contributed by atoms with Gasteiger partial charge in [-0.3, -0.25) is 0 Å². The lowest BCUT2D eigenvalue weighted by atomic mass is 9.79. The monoisotopic (exact) mass is 312 g/mol. The molecule has 2 fully saturated rings. The van der Waals surface area contributed by atoms with Crippen molar-refractivity contribution >= 4 is 11.8 Å². The van der Waals surface area contributed by atoms with Crippen molar-refractivity contribution in [1.82, 2.24) is 10.2 Å². The molecular formula is C18H36N2S. The highest BCUT2D eigenvalue weighted by molar-refractivity contribution is 7.99. The largest absolute Gasteiger partial charge is 0.311 e. The summed E-state index contributed by atoms with van der Waals surface area (Å²) in [5.74, 6) is 1.32. The Hall–Kier alpha value is 0.270. The lowest BCUT2D eigenvalue weighted by molar-refractivity contribution is 0.121. The van der Waals surface area contributed by atoms with Gasteiger partial charge in [0.15, 0.2) is 0 Å². The van der Waals surface area contributed by atoms with Crippen LogP contribution in [0.5, 0.6) is 0 Å². The van der Waals surface area contributed by atoms with Crippen LogP contribution in [0.15, 0.2) is 0 Å². The highest BCUT2D eigenvalue weighted by Crippen LogP contribution is 2.36. The molecule has 0 aromatic heterocycles. The molecule has 1 unspecified atom stereocenters. The van der Waals surface area contributed by atoms with E-state index in [1.54, 1.807) is 0 Å². The lowest BCUT2D eigenvalue weighted by Crippen LogP contribution is -2.50. The minimum atomic E-state index is 0.240. The Bertz CT molecular complexity index is 303. The first-order valence-electron chi connectivity index (χ1n) is 8.98. The Morgan fingerprint density at radius 1 is 1.14 bits per heavy atom. The van der Waals surface area contributed by atoms with Gasteiger partial charge in [0.2, 0.25) is 0 Å². The Kier molecular flexibility index (Phi) is 6.46. The molecule has 3 heteroatoms. The predicted octanol–water partition coefficient (Wildman–Crippen LogP) is 4.15. The minimum Gasteiger partial charge on any atom is -0.311 e. The van der Waals surface area contributed by atoms with E-state index in [9.17, 15) is 0 Å². The van der Waals surface area contributed by atoms with Crippen molar-refractivity contribution in [2.24, 2.45) is 5.41 Å². The fourth-order valence-electron chi connectivity index (χ4n) is 3.83. The van der Waals surface area contributed by atoms with Gasteiger partial charge in [-0.2, -0.15) is 11.8 Å². The molecule has 124 valence electrons. The molecule has 0 spiro atoms. The van der Waals surface area contributed by atoms with Gasteiger partial charge in [-0.1, -0.05) is 32.6 Å². The zero-order chi connectivity index (χ0) is 15.3. The molecule has 1 saturated heterocycles. The van der Waals surface area contributed by atoms with Crippen LogP contribution in [-0.4, -0.2) is 47.6 Å². The van der Waals surface area contributed by atoms with E-state index in [4.69, 9.17) is 0 Å². The molecule has 21 heavy (non-hydrogen) atoms. The summed E-state index contributed by atoms with van der Waals surface area (Å²) in [5.41, 5.74) is 0.760. The molecule has 1 saturated carbocycles. The molecule has 0 radical (unpaired) electrons. The van der Waals surface area contributed by atoms with Crippen LogP contribution in [-0.2, 0) is 0 Å². The topological polar surface area (TPSA) is 15.3 Å². The second-order valence-corrected chi connectivity index (χ2v) is 9.98. The lowest BCUT2D eigenvalue weighted by Gasteiger charge is -2.42. The zero-order valence-corrected chi connectivity index (χ0v) is 15.5. The van der Waals surface area contributed by atoms with E-state index in [-0.39, 0.29) is 5.54 Å². The van der Waals surface area contributed by atoms with E-state index < -0.39 is 0 Å². The SMILES string of the molecule is CC1CN(CC2(CNC(C)(C)C)CCCCCC2)CCS1.